The molecule has 1 heterocycles. The summed E-state index contributed by atoms with van der Waals surface area (Å²) in [6.07, 6.45) is -1.10. The van der Waals surface area contributed by atoms with Crippen LogP contribution in [0.15, 0.2) is 0 Å². The average Bonchev–Trinajstić information content (AvgIpc) is 2.36. The predicted molar refractivity (Wildman–Crippen MR) is 71.8 cm³/mol. The summed E-state index contributed by atoms with van der Waals surface area (Å²) in [7, 11) is 1.06. The monoisotopic (exact) mass is 306 g/mol. The van der Waals surface area contributed by atoms with Gasteiger partial charge in [-0.2, -0.15) is 4.90 Å². The number of carbonyl (C=O) groups is 4. The minimum absolute atomic E-state index is 0.326. The summed E-state index contributed by atoms with van der Waals surface area (Å²) >= 11 is 2.15. The highest BCUT2D eigenvalue weighted by Gasteiger charge is 2.56. The number of imide groups is 4. The Morgan fingerprint density at radius 3 is 2.21 bits per heavy atom. The van der Waals surface area contributed by atoms with Crippen LogP contribution in [0.5, 0.6) is 0 Å². The molecule has 1 aliphatic rings. The fourth-order valence-corrected chi connectivity index (χ4v) is 4.18. The number of thioether (sulfide) groups is 2. The van der Waals surface area contributed by atoms with Gasteiger partial charge in [0.25, 0.3) is 11.8 Å². The number of carbonyl (C=O) groups excluding carboxylic acids is 4. The molecule has 0 aromatic heterocycles. The smallest absolute Gasteiger partial charge is 0.424 e. The molecule has 0 aromatic carbocycles. The standard InChI is InChI=1S/C10H14N2O5S2/c1-4-18-10(19-5-2)6(13)11-8(15)12(7(10)14)9(16)17-3/h4-5H2,1-3H3,(H,11,13,15). The van der Waals surface area contributed by atoms with E-state index in [1.807, 2.05) is 5.32 Å². The van der Waals surface area contributed by atoms with E-state index in [-0.39, 0.29) is 0 Å². The van der Waals surface area contributed by atoms with Crippen molar-refractivity contribution in [3.63, 3.8) is 0 Å². The SMILES string of the molecule is CCSC1(SCC)C(=O)NC(=O)N(C(=O)OC)C1=O. The highest BCUT2D eigenvalue weighted by Crippen LogP contribution is 2.41. The van der Waals surface area contributed by atoms with Crippen LogP contribution in [0.4, 0.5) is 9.59 Å². The molecule has 0 saturated carbocycles. The van der Waals surface area contributed by atoms with Crippen molar-refractivity contribution in [1.82, 2.24) is 10.2 Å². The van der Waals surface area contributed by atoms with E-state index in [0.717, 1.165) is 30.6 Å². The summed E-state index contributed by atoms with van der Waals surface area (Å²) in [5.74, 6) is -0.613. The van der Waals surface area contributed by atoms with Crippen molar-refractivity contribution in [2.75, 3.05) is 18.6 Å². The zero-order valence-corrected chi connectivity index (χ0v) is 12.4. The maximum absolute atomic E-state index is 12.4. The van der Waals surface area contributed by atoms with Crippen molar-refractivity contribution in [3.8, 4) is 0 Å². The second-order valence-corrected chi connectivity index (χ2v) is 6.57. The third kappa shape index (κ3) is 2.71. The van der Waals surface area contributed by atoms with Crippen LogP contribution >= 0.6 is 23.5 Å². The molecule has 19 heavy (non-hydrogen) atoms. The van der Waals surface area contributed by atoms with Gasteiger partial charge in [-0.05, 0) is 11.5 Å². The molecule has 7 nitrogen and oxygen atoms in total. The van der Waals surface area contributed by atoms with E-state index in [0.29, 0.717) is 16.4 Å². The Kier molecular flexibility index (Phi) is 5.24. The normalized spacial score (nSPS) is 18.3. The van der Waals surface area contributed by atoms with Gasteiger partial charge in [0, 0.05) is 0 Å². The average molecular weight is 306 g/mol. The van der Waals surface area contributed by atoms with Crippen molar-refractivity contribution >= 4 is 47.5 Å². The minimum atomic E-state index is -1.52. The van der Waals surface area contributed by atoms with Crippen molar-refractivity contribution in [1.29, 1.82) is 0 Å². The maximum Gasteiger partial charge on any atom is 0.424 e. The molecular weight excluding hydrogens is 292 g/mol. The second-order valence-electron chi connectivity index (χ2n) is 3.35. The summed E-state index contributed by atoms with van der Waals surface area (Å²) < 4.78 is 2.87. The Morgan fingerprint density at radius 2 is 1.79 bits per heavy atom. The lowest BCUT2D eigenvalue weighted by Gasteiger charge is -2.36. The van der Waals surface area contributed by atoms with Gasteiger partial charge in [0.2, 0.25) is 4.08 Å². The van der Waals surface area contributed by atoms with Crippen LogP contribution < -0.4 is 5.32 Å². The Morgan fingerprint density at radius 1 is 1.26 bits per heavy atom. The van der Waals surface area contributed by atoms with Gasteiger partial charge >= 0.3 is 12.1 Å². The van der Waals surface area contributed by atoms with Gasteiger partial charge in [-0.3, -0.25) is 14.9 Å². The van der Waals surface area contributed by atoms with Crippen LogP contribution in [0.2, 0.25) is 0 Å². The molecule has 1 saturated heterocycles. The van der Waals surface area contributed by atoms with E-state index in [2.05, 4.69) is 4.74 Å². The van der Waals surface area contributed by atoms with Crippen LogP contribution in [0.1, 0.15) is 13.8 Å². The number of nitrogens with one attached hydrogen (secondary N) is 1. The van der Waals surface area contributed by atoms with Gasteiger partial charge in [-0.25, -0.2) is 9.59 Å². The van der Waals surface area contributed by atoms with Gasteiger partial charge in [-0.15, -0.1) is 23.5 Å². The zero-order valence-electron chi connectivity index (χ0n) is 10.7. The molecule has 106 valence electrons. The van der Waals surface area contributed by atoms with Crippen molar-refractivity contribution in [3.05, 3.63) is 0 Å². The molecule has 0 aliphatic carbocycles. The molecule has 1 N–H and O–H groups in total. The third-order valence-corrected chi connectivity index (χ3v) is 5.08. The van der Waals surface area contributed by atoms with Gasteiger partial charge in [0.15, 0.2) is 0 Å². The number of amides is 5. The van der Waals surface area contributed by atoms with Crippen LogP contribution in [0, 0.1) is 0 Å². The molecule has 0 aromatic rings. The van der Waals surface area contributed by atoms with Crippen molar-refractivity contribution in [2.45, 2.75) is 17.9 Å². The molecule has 0 atom stereocenters. The molecule has 1 aliphatic heterocycles. The Bertz CT molecular complexity index is 420. The Labute approximate surface area is 118 Å². The lowest BCUT2D eigenvalue weighted by Crippen LogP contribution is -2.66. The van der Waals surface area contributed by atoms with E-state index in [9.17, 15) is 19.2 Å². The summed E-state index contributed by atoms with van der Waals surface area (Å²) in [6, 6.07) is -1.08. The first-order chi connectivity index (χ1) is 8.94. The first kappa shape index (κ1) is 15.8. The fourth-order valence-electron chi connectivity index (χ4n) is 1.53. The molecule has 9 heteroatoms. The van der Waals surface area contributed by atoms with Gasteiger partial charge in [0.05, 0.1) is 7.11 Å². The molecule has 0 unspecified atom stereocenters. The van der Waals surface area contributed by atoms with Crippen LogP contribution in [-0.2, 0) is 14.3 Å². The molecular formula is C10H14N2O5S2. The number of rotatable bonds is 4. The highest BCUT2D eigenvalue weighted by atomic mass is 32.2. The fraction of sp³-hybridized carbons (Fsp3) is 0.600. The second kappa shape index (κ2) is 6.29. The molecule has 1 fully saturated rings. The topological polar surface area (TPSA) is 92.8 Å². The Hall–Kier alpha value is -1.22. The summed E-state index contributed by atoms with van der Waals surface area (Å²) in [5.41, 5.74) is 0. The lowest BCUT2D eigenvalue weighted by molar-refractivity contribution is -0.135. The summed E-state index contributed by atoms with van der Waals surface area (Å²) in [6.45, 7) is 3.56. The first-order valence-corrected chi connectivity index (χ1v) is 7.47. The van der Waals surface area contributed by atoms with E-state index < -0.39 is 28.0 Å². The van der Waals surface area contributed by atoms with E-state index in [1.54, 1.807) is 13.8 Å². The summed E-state index contributed by atoms with van der Waals surface area (Å²) in [4.78, 5) is 47.7. The first-order valence-electron chi connectivity index (χ1n) is 5.50. The van der Waals surface area contributed by atoms with Crippen LogP contribution in [0.25, 0.3) is 0 Å². The number of nitrogens with zero attached hydrogens (tertiary/aromatic N) is 1. The molecule has 0 spiro atoms. The third-order valence-electron chi connectivity index (χ3n) is 2.26. The van der Waals surface area contributed by atoms with Crippen molar-refractivity contribution < 1.29 is 23.9 Å². The lowest BCUT2D eigenvalue weighted by atomic mass is 10.3. The predicted octanol–water partition coefficient (Wildman–Crippen LogP) is 1.03. The quantitative estimate of drug-likeness (QED) is 0.612. The number of hydrogen-bond acceptors (Lipinski definition) is 7. The molecule has 0 bridgehead atoms. The minimum Gasteiger partial charge on any atom is -0.452 e. The van der Waals surface area contributed by atoms with Crippen LogP contribution in [0.3, 0.4) is 0 Å². The number of barbiturate groups is 1. The number of urea groups is 1. The van der Waals surface area contributed by atoms with E-state index in [4.69, 9.17) is 0 Å². The molecule has 5 amide bonds. The largest absolute Gasteiger partial charge is 0.452 e. The number of ether oxygens (including phenoxy) is 1. The zero-order chi connectivity index (χ0) is 14.6. The highest BCUT2D eigenvalue weighted by molar-refractivity contribution is 8.20. The van der Waals surface area contributed by atoms with E-state index >= 15 is 0 Å². The van der Waals surface area contributed by atoms with Crippen LogP contribution in [-0.4, -0.2) is 51.5 Å². The van der Waals surface area contributed by atoms with Gasteiger partial charge < -0.3 is 4.74 Å². The molecule has 1 rings (SSSR count). The van der Waals surface area contributed by atoms with Gasteiger partial charge in [-0.1, -0.05) is 13.8 Å². The van der Waals surface area contributed by atoms with Crippen molar-refractivity contribution in [2.24, 2.45) is 0 Å². The maximum atomic E-state index is 12.4. The molecule has 0 radical (unpaired) electrons. The van der Waals surface area contributed by atoms with Gasteiger partial charge in [0.1, 0.15) is 0 Å². The number of hydrogen-bond donors (Lipinski definition) is 1. The van der Waals surface area contributed by atoms with E-state index in [1.165, 1.54) is 0 Å². The summed E-state index contributed by atoms with van der Waals surface area (Å²) in [5, 5.41) is 2.02. The number of methoxy groups -OCH3 is 1. The Balaban J connectivity index is 3.21.